The number of benzene rings is 3. The third kappa shape index (κ3) is 4.35. The minimum Gasteiger partial charge on any atom is -0.435 e. The van der Waals surface area contributed by atoms with Crippen molar-refractivity contribution in [3.63, 3.8) is 0 Å². The summed E-state index contributed by atoms with van der Waals surface area (Å²) in [5.41, 5.74) is 3.60. The van der Waals surface area contributed by atoms with Gasteiger partial charge in [0, 0.05) is 27.6 Å². The van der Waals surface area contributed by atoms with Crippen molar-refractivity contribution in [2.75, 3.05) is 6.54 Å². The minimum absolute atomic E-state index is 0.0422. The summed E-state index contributed by atoms with van der Waals surface area (Å²) in [6.07, 6.45) is 0.0639. The number of aromatic amines is 1. The summed E-state index contributed by atoms with van der Waals surface area (Å²) in [5, 5.41) is 1.40. The Morgan fingerprint density at radius 1 is 1.12 bits per heavy atom. The first-order valence-electron chi connectivity index (χ1n) is 10.5. The monoisotopic (exact) mass is 546 g/mol. The number of alkyl halides is 2. The number of hydrogen-bond donors (Lipinski definition) is 1. The SMILES string of the molecule is O=C(Oc1ccccc1Cl)N1CCc2c([nH]c3cc(Br)ccc23)C1c1ccc(OC(F)F)cc1. The van der Waals surface area contributed by atoms with Crippen LogP contribution in [-0.4, -0.2) is 29.1 Å². The van der Waals surface area contributed by atoms with Crippen LogP contribution in [0.2, 0.25) is 5.02 Å². The summed E-state index contributed by atoms with van der Waals surface area (Å²) in [5.74, 6) is 0.306. The maximum atomic E-state index is 13.3. The molecule has 0 saturated heterocycles. The lowest BCUT2D eigenvalue weighted by molar-refractivity contribution is -0.0498. The predicted octanol–water partition coefficient (Wildman–Crippen LogP) is 7.33. The molecular weight excluding hydrogens is 530 g/mol. The number of H-pyrrole nitrogens is 1. The van der Waals surface area contributed by atoms with Crippen LogP contribution in [0.25, 0.3) is 10.9 Å². The molecule has 0 aliphatic carbocycles. The molecule has 5 nitrogen and oxygen atoms in total. The van der Waals surface area contributed by atoms with Crippen molar-refractivity contribution < 1.29 is 23.0 Å². The molecule has 1 unspecified atom stereocenters. The van der Waals surface area contributed by atoms with E-state index in [9.17, 15) is 13.6 Å². The standard InChI is InChI=1S/C25H18BrClF2N2O3/c26-15-7-10-17-18-11-12-31(25(32)34-21-4-2-1-3-19(21)27)23(22(18)30-20(17)13-15)14-5-8-16(9-6-14)33-24(28)29/h1-10,13,23-24,30H,11-12H2. The smallest absolute Gasteiger partial charge is 0.416 e. The number of carbonyl (C=O) groups excluding carboxylic acids is 1. The van der Waals surface area contributed by atoms with E-state index in [0.29, 0.717) is 18.0 Å². The van der Waals surface area contributed by atoms with E-state index in [2.05, 4.69) is 25.7 Å². The molecule has 5 rings (SSSR count). The van der Waals surface area contributed by atoms with Crippen LogP contribution in [0, 0.1) is 0 Å². The highest BCUT2D eigenvalue weighted by atomic mass is 79.9. The average molecular weight is 548 g/mol. The van der Waals surface area contributed by atoms with E-state index in [1.165, 1.54) is 12.1 Å². The van der Waals surface area contributed by atoms with Crippen LogP contribution >= 0.6 is 27.5 Å². The van der Waals surface area contributed by atoms with Crippen molar-refractivity contribution in [3.05, 3.63) is 93.0 Å². The number of halogens is 4. The highest BCUT2D eigenvalue weighted by Gasteiger charge is 2.36. The zero-order chi connectivity index (χ0) is 23.8. The van der Waals surface area contributed by atoms with Gasteiger partial charge in [0.05, 0.1) is 5.02 Å². The summed E-state index contributed by atoms with van der Waals surface area (Å²) in [7, 11) is 0. The van der Waals surface area contributed by atoms with Crippen molar-refractivity contribution in [1.82, 2.24) is 9.88 Å². The Morgan fingerprint density at radius 2 is 1.88 bits per heavy atom. The summed E-state index contributed by atoms with van der Waals surface area (Å²) in [6, 6.07) is 18.5. The second kappa shape index (κ2) is 9.27. The van der Waals surface area contributed by atoms with Gasteiger partial charge in [-0.05, 0) is 53.9 Å². The van der Waals surface area contributed by atoms with Crippen molar-refractivity contribution >= 4 is 44.5 Å². The normalized spacial score (nSPS) is 15.4. The average Bonchev–Trinajstić information content (AvgIpc) is 3.17. The number of rotatable bonds is 4. The first-order chi connectivity index (χ1) is 16.4. The van der Waals surface area contributed by atoms with E-state index < -0.39 is 18.7 Å². The fourth-order valence-electron chi connectivity index (χ4n) is 4.32. The van der Waals surface area contributed by atoms with Crippen molar-refractivity contribution in [2.45, 2.75) is 19.1 Å². The van der Waals surface area contributed by atoms with Gasteiger partial charge in [0.1, 0.15) is 11.8 Å². The molecule has 0 bridgehead atoms. The lowest BCUT2D eigenvalue weighted by Crippen LogP contribution is -2.42. The maximum Gasteiger partial charge on any atom is 0.416 e. The highest BCUT2D eigenvalue weighted by molar-refractivity contribution is 9.10. The fraction of sp³-hybridized carbons (Fsp3) is 0.160. The van der Waals surface area contributed by atoms with E-state index in [0.717, 1.165) is 32.2 Å². The van der Waals surface area contributed by atoms with Crippen molar-refractivity contribution in [2.24, 2.45) is 0 Å². The minimum atomic E-state index is -2.92. The number of aromatic nitrogens is 1. The van der Waals surface area contributed by atoms with Crippen molar-refractivity contribution in [3.8, 4) is 11.5 Å². The van der Waals surface area contributed by atoms with Crippen LogP contribution in [0.5, 0.6) is 11.5 Å². The largest absolute Gasteiger partial charge is 0.435 e. The van der Waals surface area contributed by atoms with E-state index in [-0.39, 0.29) is 11.5 Å². The van der Waals surface area contributed by atoms with Gasteiger partial charge in [-0.25, -0.2) is 4.79 Å². The van der Waals surface area contributed by atoms with Crippen molar-refractivity contribution in [1.29, 1.82) is 0 Å². The van der Waals surface area contributed by atoms with E-state index in [1.54, 1.807) is 41.3 Å². The fourth-order valence-corrected chi connectivity index (χ4v) is 4.86. The Labute approximate surface area is 207 Å². The van der Waals surface area contributed by atoms with Crippen LogP contribution in [0.4, 0.5) is 13.6 Å². The molecule has 1 N–H and O–H groups in total. The molecule has 3 aromatic carbocycles. The Hall–Kier alpha value is -3.10. The summed E-state index contributed by atoms with van der Waals surface area (Å²) < 4.78 is 36.3. The quantitative estimate of drug-likeness (QED) is 0.291. The zero-order valence-corrected chi connectivity index (χ0v) is 19.9. The third-order valence-corrected chi connectivity index (χ3v) is 6.58. The van der Waals surface area contributed by atoms with E-state index >= 15 is 0 Å². The molecule has 1 amide bonds. The molecule has 174 valence electrons. The molecule has 1 atom stereocenters. The number of nitrogens with one attached hydrogen (secondary N) is 1. The molecule has 0 fully saturated rings. The summed E-state index contributed by atoms with van der Waals surface area (Å²) in [4.78, 5) is 18.4. The summed E-state index contributed by atoms with van der Waals surface area (Å²) >= 11 is 9.69. The lowest BCUT2D eigenvalue weighted by atomic mass is 9.92. The Balaban J connectivity index is 1.56. The van der Waals surface area contributed by atoms with Gasteiger partial charge < -0.3 is 14.5 Å². The molecule has 1 aliphatic rings. The van der Waals surface area contributed by atoms with E-state index in [1.807, 2.05) is 18.2 Å². The number of para-hydroxylation sites is 1. The predicted molar refractivity (Wildman–Crippen MR) is 129 cm³/mol. The van der Waals surface area contributed by atoms with E-state index in [4.69, 9.17) is 16.3 Å². The van der Waals surface area contributed by atoms with Gasteiger partial charge in [-0.15, -0.1) is 0 Å². The Morgan fingerprint density at radius 3 is 2.62 bits per heavy atom. The Kier molecular flexibility index (Phi) is 6.18. The van der Waals surface area contributed by atoms with Crippen LogP contribution < -0.4 is 9.47 Å². The van der Waals surface area contributed by atoms with Gasteiger partial charge in [-0.2, -0.15) is 8.78 Å². The molecule has 2 heterocycles. The van der Waals surface area contributed by atoms with Crippen LogP contribution in [0.15, 0.2) is 71.2 Å². The van der Waals surface area contributed by atoms with Crippen LogP contribution in [0.3, 0.4) is 0 Å². The number of carbonyl (C=O) groups is 1. The second-order valence-electron chi connectivity index (χ2n) is 7.80. The number of nitrogens with zero attached hydrogens (tertiary/aromatic N) is 1. The number of amides is 1. The highest BCUT2D eigenvalue weighted by Crippen LogP contribution is 2.40. The first-order valence-corrected chi connectivity index (χ1v) is 11.7. The lowest BCUT2D eigenvalue weighted by Gasteiger charge is -2.35. The van der Waals surface area contributed by atoms with Gasteiger partial charge >= 0.3 is 12.7 Å². The van der Waals surface area contributed by atoms with Gasteiger partial charge in [-0.1, -0.05) is 57.9 Å². The molecule has 1 aliphatic heterocycles. The number of ether oxygens (including phenoxy) is 2. The van der Waals surface area contributed by atoms with Crippen LogP contribution in [-0.2, 0) is 6.42 Å². The van der Waals surface area contributed by atoms with Gasteiger partial charge in [0.25, 0.3) is 0 Å². The number of fused-ring (bicyclic) bond motifs is 3. The molecule has 0 radical (unpaired) electrons. The van der Waals surface area contributed by atoms with Gasteiger partial charge in [0.2, 0.25) is 0 Å². The number of hydrogen-bond acceptors (Lipinski definition) is 3. The van der Waals surface area contributed by atoms with Gasteiger partial charge in [0.15, 0.2) is 5.75 Å². The molecule has 34 heavy (non-hydrogen) atoms. The maximum absolute atomic E-state index is 13.3. The molecule has 1 aromatic heterocycles. The first kappa shape index (κ1) is 22.7. The molecule has 9 heteroatoms. The molecule has 0 saturated carbocycles. The van der Waals surface area contributed by atoms with Gasteiger partial charge in [-0.3, -0.25) is 4.90 Å². The third-order valence-electron chi connectivity index (χ3n) is 5.78. The molecular formula is C25H18BrClF2N2O3. The molecule has 0 spiro atoms. The topological polar surface area (TPSA) is 54.6 Å². The molecule has 4 aromatic rings. The van der Waals surface area contributed by atoms with Crippen LogP contribution in [0.1, 0.15) is 22.9 Å². The summed E-state index contributed by atoms with van der Waals surface area (Å²) in [6.45, 7) is -2.51. The zero-order valence-electron chi connectivity index (χ0n) is 17.6. The Bertz CT molecular complexity index is 1360. The second-order valence-corrected chi connectivity index (χ2v) is 9.12.